The molecule has 1 rings (SSSR count). The molecule has 0 saturated carbocycles. The van der Waals surface area contributed by atoms with Crippen molar-refractivity contribution in [3.05, 3.63) is 12.2 Å². The third-order valence-electron chi connectivity index (χ3n) is 3.22. The summed E-state index contributed by atoms with van der Waals surface area (Å²) in [5, 5.41) is 2.98. The number of amides is 1. The summed E-state index contributed by atoms with van der Waals surface area (Å²) in [7, 11) is 0. The Morgan fingerprint density at radius 1 is 1.53 bits per heavy atom. The molecule has 2 atom stereocenters. The van der Waals surface area contributed by atoms with Gasteiger partial charge in [0.1, 0.15) is 0 Å². The van der Waals surface area contributed by atoms with Crippen LogP contribution in [0.4, 0.5) is 0 Å². The lowest BCUT2D eigenvalue weighted by Gasteiger charge is -2.25. The predicted molar refractivity (Wildman–Crippen MR) is 74.2 cm³/mol. The minimum absolute atomic E-state index is 0. The first kappa shape index (κ1) is 16.5. The van der Waals surface area contributed by atoms with Gasteiger partial charge in [-0.25, -0.2) is 0 Å². The van der Waals surface area contributed by atoms with Crippen molar-refractivity contribution in [2.75, 3.05) is 6.54 Å². The first-order chi connectivity index (χ1) is 7.56. The molecule has 3 N–H and O–H groups in total. The van der Waals surface area contributed by atoms with Crippen molar-refractivity contribution in [2.45, 2.75) is 51.5 Å². The van der Waals surface area contributed by atoms with E-state index in [-0.39, 0.29) is 18.3 Å². The zero-order valence-corrected chi connectivity index (χ0v) is 11.7. The summed E-state index contributed by atoms with van der Waals surface area (Å²) in [5.74, 6) is 0.579. The molecule has 4 heteroatoms. The van der Waals surface area contributed by atoms with Crippen LogP contribution in [0.25, 0.3) is 0 Å². The SMILES string of the molecule is CCCC(C)(N)C(=O)NCC1CC=CCC1.Cl. The highest BCUT2D eigenvalue weighted by molar-refractivity contribution is 5.85. The normalized spacial score (nSPS) is 22.4. The predicted octanol–water partition coefficient (Wildman–Crippen LogP) is 2.40. The van der Waals surface area contributed by atoms with Crippen LogP contribution >= 0.6 is 12.4 Å². The van der Waals surface area contributed by atoms with E-state index >= 15 is 0 Å². The topological polar surface area (TPSA) is 55.1 Å². The van der Waals surface area contributed by atoms with E-state index < -0.39 is 5.54 Å². The molecule has 17 heavy (non-hydrogen) atoms. The van der Waals surface area contributed by atoms with Gasteiger partial charge in [0.2, 0.25) is 5.91 Å². The van der Waals surface area contributed by atoms with Gasteiger partial charge in [0.25, 0.3) is 0 Å². The van der Waals surface area contributed by atoms with Gasteiger partial charge < -0.3 is 11.1 Å². The van der Waals surface area contributed by atoms with Gasteiger partial charge in [-0.05, 0) is 38.5 Å². The van der Waals surface area contributed by atoms with Crippen LogP contribution in [0.3, 0.4) is 0 Å². The Morgan fingerprint density at radius 3 is 2.76 bits per heavy atom. The van der Waals surface area contributed by atoms with Crippen LogP contribution in [0.5, 0.6) is 0 Å². The van der Waals surface area contributed by atoms with Crippen molar-refractivity contribution in [1.82, 2.24) is 5.32 Å². The van der Waals surface area contributed by atoms with Crippen LogP contribution in [0.2, 0.25) is 0 Å². The molecule has 0 aliphatic heterocycles. The molecular weight excluding hydrogens is 236 g/mol. The van der Waals surface area contributed by atoms with E-state index in [1.54, 1.807) is 0 Å². The Kier molecular flexibility index (Phi) is 7.48. The zero-order chi connectivity index (χ0) is 12.0. The number of carbonyl (C=O) groups excluding carboxylic acids is 1. The molecule has 0 fully saturated rings. The Labute approximate surface area is 111 Å². The average molecular weight is 261 g/mol. The second kappa shape index (κ2) is 7.72. The second-order valence-electron chi connectivity index (χ2n) is 5.03. The molecule has 1 aliphatic carbocycles. The third-order valence-corrected chi connectivity index (χ3v) is 3.22. The van der Waals surface area contributed by atoms with Crippen LogP contribution in [0.15, 0.2) is 12.2 Å². The van der Waals surface area contributed by atoms with E-state index in [1.807, 2.05) is 13.8 Å². The fraction of sp³-hybridized carbons (Fsp3) is 0.769. The van der Waals surface area contributed by atoms with Crippen molar-refractivity contribution in [3.63, 3.8) is 0 Å². The Bertz CT molecular complexity index is 264. The van der Waals surface area contributed by atoms with Gasteiger partial charge in [0.05, 0.1) is 5.54 Å². The smallest absolute Gasteiger partial charge is 0.239 e. The Hall–Kier alpha value is -0.540. The lowest BCUT2D eigenvalue weighted by Crippen LogP contribution is -2.52. The second-order valence-corrected chi connectivity index (χ2v) is 5.03. The van der Waals surface area contributed by atoms with E-state index in [1.165, 1.54) is 6.42 Å². The monoisotopic (exact) mass is 260 g/mol. The molecule has 0 heterocycles. The van der Waals surface area contributed by atoms with E-state index in [0.29, 0.717) is 5.92 Å². The van der Waals surface area contributed by atoms with Crippen molar-refractivity contribution < 1.29 is 4.79 Å². The number of allylic oxidation sites excluding steroid dienone is 2. The van der Waals surface area contributed by atoms with E-state index in [4.69, 9.17) is 5.73 Å². The molecule has 3 nitrogen and oxygen atoms in total. The minimum atomic E-state index is -0.709. The van der Waals surface area contributed by atoms with Crippen molar-refractivity contribution in [2.24, 2.45) is 11.7 Å². The van der Waals surface area contributed by atoms with Gasteiger partial charge in [0, 0.05) is 6.54 Å². The quantitative estimate of drug-likeness (QED) is 0.746. The van der Waals surface area contributed by atoms with Crippen LogP contribution < -0.4 is 11.1 Å². The molecule has 1 aliphatic rings. The number of hydrogen-bond donors (Lipinski definition) is 2. The van der Waals surface area contributed by atoms with Gasteiger partial charge in [-0.3, -0.25) is 4.79 Å². The maximum atomic E-state index is 11.8. The summed E-state index contributed by atoms with van der Waals surface area (Å²) in [6.07, 6.45) is 9.48. The fourth-order valence-corrected chi connectivity index (χ4v) is 2.11. The molecule has 0 radical (unpaired) electrons. The van der Waals surface area contributed by atoms with E-state index in [0.717, 1.165) is 32.2 Å². The minimum Gasteiger partial charge on any atom is -0.354 e. The van der Waals surface area contributed by atoms with E-state index in [2.05, 4.69) is 17.5 Å². The fourth-order valence-electron chi connectivity index (χ4n) is 2.11. The van der Waals surface area contributed by atoms with Gasteiger partial charge in [-0.1, -0.05) is 25.5 Å². The van der Waals surface area contributed by atoms with Crippen LogP contribution in [-0.4, -0.2) is 18.0 Å². The van der Waals surface area contributed by atoms with Crippen molar-refractivity contribution >= 4 is 18.3 Å². The van der Waals surface area contributed by atoms with Crippen LogP contribution in [0.1, 0.15) is 46.0 Å². The molecule has 0 spiro atoms. The third kappa shape index (κ3) is 5.55. The molecule has 0 saturated heterocycles. The summed E-state index contributed by atoms with van der Waals surface area (Å²) >= 11 is 0. The first-order valence-corrected chi connectivity index (χ1v) is 6.28. The average Bonchev–Trinajstić information content (AvgIpc) is 2.27. The number of nitrogens with two attached hydrogens (primary N) is 1. The number of hydrogen-bond acceptors (Lipinski definition) is 2. The summed E-state index contributed by atoms with van der Waals surface area (Å²) in [6, 6.07) is 0. The molecular formula is C13H25ClN2O. The van der Waals surface area contributed by atoms with Gasteiger partial charge in [0.15, 0.2) is 0 Å². The Morgan fingerprint density at radius 2 is 2.24 bits per heavy atom. The highest BCUT2D eigenvalue weighted by Gasteiger charge is 2.27. The summed E-state index contributed by atoms with van der Waals surface area (Å²) in [6.45, 7) is 4.62. The number of rotatable bonds is 5. The molecule has 0 bridgehead atoms. The maximum Gasteiger partial charge on any atom is 0.239 e. The van der Waals surface area contributed by atoms with Gasteiger partial charge >= 0.3 is 0 Å². The van der Waals surface area contributed by atoms with Crippen LogP contribution in [0, 0.1) is 5.92 Å². The zero-order valence-electron chi connectivity index (χ0n) is 10.9. The first-order valence-electron chi connectivity index (χ1n) is 6.28. The highest BCUT2D eigenvalue weighted by atomic mass is 35.5. The molecule has 0 aromatic carbocycles. The molecule has 0 aromatic heterocycles. The Balaban J connectivity index is 0.00000256. The molecule has 100 valence electrons. The van der Waals surface area contributed by atoms with Crippen LogP contribution in [-0.2, 0) is 4.79 Å². The lowest BCUT2D eigenvalue weighted by molar-refractivity contribution is -0.126. The standard InChI is InChI=1S/C13H24N2O.ClH/c1-3-9-13(2,14)12(16)15-10-11-7-5-4-6-8-11;/h4-5,11H,3,6-10,14H2,1-2H3,(H,15,16);1H. The molecule has 1 amide bonds. The van der Waals surface area contributed by atoms with Crippen molar-refractivity contribution in [1.29, 1.82) is 0 Å². The maximum absolute atomic E-state index is 11.8. The lowest BCUT2D eigenvalue weighted by atomic mass is 9.93. The van der Waals surface area contributed by atoms with Gasteiger partial charge in [-0.2, -0.15) is 0 Å². The highest BCUT2D eigenvalue weighted by Crippen LogP contribution is 2.17. The number of nitrogens with one attached hydrogen (secondary N) is 1. The molecule has 0 aromatic rings. The molecule has 2 unspecified atom stereocenters. The van der Waals surface area contributed by atoms with Gasteiger partial charge in [-0.15, -0.1) is 12.4 Å². The summed E-state index contributed by atoms with van der Waals surface area (Å²) < 4.78 is 0. The number of carbonyl (C=O) groups is 1. The number of halogens is 1. The largest absolute Gasteiger partial charge is 0.354 e. The van der Waals surface area contributed by atoms with Crippen molar-refractivity contribution in [3.8, 4) is 0 Å². The van der Waals surface area contributed by atoms with E-state index in [9.17, 15) is 4.79 Å². The summed E-state index contributed by atoms with van der Waals surface area (Å²) in [4.78, 5) is 11.8. The summed E-state index contributed by atoms with van der Waals surface area (Å²) in [5.41, 5.74) is 5.25.